The monoisotopic (exact) mass is 784 g/mol. The van der Waals surface area contributed by atoms with E-state index in [1.54, 1.807) is 7.05 Å². The van der Waals surface area contributed by atoms with Gasteiger partial charge in [-0.2, -0.15) is 0 Å². The van der Waals surface area contributed by atoms with E-state index in [1.165, 1.54) is 116 Å². The van der Waals surface area contributed by atoms with Crippen LogP contribution in [-0.4, -0.2) is 56.3 Å². The second kappa shape index (κ2) is 40.9. The molecule has 0 aromatic rings. The molecule has 0 bridgehead atoms. The van der Waals surface area contributed by atoms with Crippen LogP contribution in [0.5, 0.6) is 0 Å². The Bertz CT molecular complexity index is 986. The molecular formula is C44H82NO8P. The van der Waals surface area contributed by atoms with Crippen molar-refractivity contribution in [2.45, 2.75) is 200 Å². The third kappa shape index (κ3) is 39.9. The molecule has 0 saturated heterocycles. The number of hydrogen-bond acceptors (Lipinski definition) is 8. The summed E-state index contributed by atoms with van der Waals surface area (Å²) in [5, 5.41) is 2.82. The summed E-state index contributed by atoms with van der Waals surface area (Å²) in [6.45, 7) is 4.17. The first-order valence-corrected chi connectivity index (χ1v) is 23.4. The van der Waals surface area contributed by atoms with E-state index in [1.807, 2.05) is 0 Å². The van der Waals surface area contributed by atoms with E-state index >= 15 is 0 Å². The Morgan fingerprint density at radius 3 is 1.54 bits per heavy atom. The van der Waals surface area contributed by atoms with Crippen LogP contribution in [-0.2, 0) is 32.7 Å². The summed E-state index contributed by atoms with van der Waals surface area (Å²) in [5.74, 6) is -0.862. The van der Waals surface area contributed by atoms with E-state index in [0.29, 0.717) is 13.0 Å². The predicted octanol–water partition coefficient (Wildman–Crippen LogP) is 12.4. The maximum absolute atomic E-state index is 12.6. The van der Waals surface area contributed by atoms with Crippen LogP contribution in [0.15, 0.2) is 36.5 Å². The van der Waals surface area contributed by atoms with Gasteiger partial charge in [0.1, 0.15) is 6.61 Å². The zero-order valence-corrected chi connectivity index (χ0v) is 35.8. The normalized spacial score (nSPS) is 13.6. The topological polar surface area (TPSA) is 120 Å². The molecule has 0 saturated carbocycles. The van der Waals surface area contributed by atoms with Crippen LogP contribution in [0, 0.1) is 0 Å². The van der Waals surface area contributed by atoms with Crippen molar-refractivity contribution in [2.24, 2.45) is 0 Å². The Kier molecular flexibility index (Phi) is 39.5. The average molecular weight is 784 g/mol. The highest BCUT2D eigenvalue weighted by molar-refractivity contribution is 7.47. The molecule has 316 valence electrons. The minimum atomic E-state index is -4.36. The van der Waals surface area contributed by atoms with E-state index in [4.69, 9.17) is 18.5 Å². The molecule has 54 heavy (non-hydrogen) atoms. The number of likely N-dealkylation sites (N-methyl/N-ethyl adjacent to an activating group) is 1. The van der Waals surface area contributed by atoms with Crippen LogP contribution in [0.4, 0.5) is 0 Å². The predicted molar refractivity (Wildman–Crippen MR) is 225 cm³/mol. The molecule has 0 spiro atoms. The Labute approximate surface area is 331 Å². The molecule has 0 aliphatic heterocycles. The van der Waals surface area contributed by atoms with E-state index in [0.717, 1.165) is 44.9 Å². The number of nitrogens with one attached hydrogen (secondary N) is 1. The summed E-state index contributed by atoms with van der Waals surface area (Å²) < 4.78 is 33.1. The Morgan fingerprint density at radius 1 is 0.574 bits per heavy atom. The lowest BCUT2D eigenvalue weighted by molar-refractivity contribution is -0.161. The molecule has 0 aromatic carbocycles. The van der Waals surface area contributed by atoms with Gasteiger partial charge in [0.2, 0.25) is 0 Å². The van der Waals surface area contributed by atoms with Gasteiger partial charge >= 0.3 is 19.8 Å². The van der Waals surface area contributed by atoms with Crippen LogP contribution in [0.3, 0.4) is 0 Å². The number of rotatable bonds is 41. The molecule has 0 aromatic heterocycles. The second-order valence-corrected chi connectivity index (χ2v) is 16.0. The SMILES string of the molecule is CCCCCCCC/C=C\C/C=C\C/C=C\CCCC(=O)OC(COC(=O)CCCCCCCCCCCCCCCCC)COP(=O)(O)OCCNC. The summed E-state index contributed by atoms with van der Waals surface area (Å²) in [6.07, 6.45) is 43.4. The maximum atomic E-state index is 12.6. The summed E-state index contributed by atoms with van der Waals surface area (Å²) in [5.41, 5.74) is 0. The summed E-state index contributed by atoms with van der Waals surface area (Å²) in [6, 6.07) is 0. The molecular weight excluding hydrogens is 701 g/mol. The lowest BCUT2D eigenvalue weighted by atomic mass is 10.0. The van der Waals surface area contributed by atoms with Crippen LogP contribution in [0.1, 0.15) is 194 Å². The number of unbranched alkanes of at least 4 members (excludes halogenated alkanes) is 21. The van der Waals surface area contributed by atoms with Gasteiger partial charge in [-0.1, -0.05) is 172 Å². The molecule has 0 heterocycles. The number of allylic oxidation sites excluding steroid dienone is 6. The maximum Gasteiger partial charge on any atom is 0.472 e. The number of hydrogen-bond donors (Lipinski definition) is 2. The summed E-state index contributed by atoms with van der Waals surface area (Å²) in [4.78, 5) is 35.0. The van der Waals surface area contributed by atoms with Crippen LogP contribution < -0.4 is 5.32 Å². The Hall–Kier alpha value is -1.77. The molecule has 0 radical (unpaired) electrons. The lowest BCUT2D eigenvalue weighted by Gasteiger charge is -2.20. The first-order valence-electron chi connectivity index (χ1n) is 21.9. The fourth-order valence-corrected chi connectivity index (χ4v) is 6.67. The number of phosphoric acid groups is 1. The third-order valence-electron chi connectivity index (χ3n) is 9.26. The fourth-order valence-electron chi connectivity index (χ4n) is 5.92. The zero-order valence-electron chi connectivity index (χ0n) is 34.9. The minimum Gasteiger partial charge on any atom is -0.462 e. The molecule has 2 unspecified atom stereocenters. The molecule has 0 rings (SSSR count). The number of phosphoric ester groups is 1. The average Bonchev–Trinajstić information content (AvgIpc) is 3.15. The number of ether oxygens (including phenoxy) is 2. The fraction of sp³-hybridized carbons (Fsp3) is 0.818. The molecule has 0 aliphatic carbocycles. The second-order valence-electron chi connectivity index (χ2n) is 14.5. The van der Waals surface area contributed by atoms with Gasteiger partial charge in [0.25, 0.3) is 0 Å². The van der Waals surface area contributed by atoms with Crippen molar-refractivity contribution in [2.75, 3.05) is 33.4 Å². The number of esters is 2. The van der Waals surface area contributed by atoms with Crippen LogP contribution in [0.2, 0.25) is 0 Å². The van der Waals surface area contributed by atoms with Crippen molar-refractivity contribution < 1.29 is 37.6 Å². The zero-order chi connectivity index (χ0) is 39.6. The molecule has 0 fully saturated rings. The summed E-state index contributed by atoms with van der Waals surface area (Å²) in [7, 11) is -2.66. The van der Waals surface area contributed by atoms with Gasteiger partial charge in [-0.15, -0.1) is 0 Å². The van der Waals surface area contributed by atoms with E-state index in [2.05, 4.69) is 55.6 Å². The van der Waals surface area contributed by atoms with Crippen LogP contribution >= 0.6 is 7.82 Å². The number of carbonyl (C=O) groups excluding carboxylic acids is 2. The van der Waals surface area contributed by atoms with Crippen molar-refractivity contribution in [1.82, 2.24) is 5.32 Å². The molecule has 2 N–H and O–H groups in total. The molecule has 10 heteroatoms. The van der Waals surface area contributed by atoms with Gasteiger partial charge in [0.15, 0.2) is 6.10 Å². The van der Waals surface area contributed by atoms with Gasteiger partial charge in [0.05, 0.1) is 13.2 Å². The first-order chi connectivity index (χ1) is 26.3. The highest BCUT2D eigenvalue weighted by atomic mass is 31.2. The molecule has 2 atom stereocenters. The van der Waals surface area contributed by atoms with Gasteiger partial charge < -0.3 is 19.7 Å². The smallest absolute Gasteiger partial charge is 0.462 e. The standard InChI is InChI=1S/C44H82NO8P/c1-4-6-8-10-12-14-16-18-20-21-23-25-27-29-31-33-35-37-44(47)53-42(41-52-54(48,49)51-39-38-45-3)40-50-43(46)36-34-32-30-28-26-24-22-19-17-15-13-11-9-7-5-2/h18,20,23,25,29,31,42,45H,4-17,19,21-22,24,26-28,30,32-41H2,1-3H3,(H,48,49)/b20-18-,25-23-,31-29-. The van der Waals surface area contributed by atoms with E-state index in [9.17, 15) is 19.0 Å². The van der Waals surface area contributed by atoms with Gasteiger partial charge in [-0.25, -0.2) is 4.57 Å². The van der Waals surface area contributed by atoms with Crippen molar-refractivity contribution >= 4 is 19.8 Å². The Morgan fingerprint density at radius 2 is 1.02 bits per heavy atom. The van der Waals surface area contributed by atoms with Crippen molar-refractivity contribution in [3.05, 3.63) is 36.5 Å². The van der Waals surface area contributed by atoms with Crippen molar-refractivity contribution in [3.8, 4) is 0 Å². The minimum absolute atomic E-state index is 0.0252. The van der Waals surface area contributed by atoms with Gasteiger partial charge in [-0.3, -0.25) is 18.6 Å². The highest BCUT2D eigenvalue weighted by Gasteiger charge is 2.26. The first kappa shape index (κ1) is 52.2. The van der Waals surface area contributed by atoms with Gasteiger partial charge in [-0.05, 0) is 52.0 Å². The summed E-state index contributed by atoms with van der Waals surface area (Å²) >= 11 is 0. The molecule has 9 nitrogen and oxygen atoms in total. The van der Waals surface area contributed by atoms with Crippen molar-refractivity contribution in [3.63, 3.8) is 0 Å². The highest BCUT2D eigenvalue weighted by Crippen LogP contribution is 2.43. The van der Waals surface area contributed by atoms with Crippen molar-refractivity contribution in [1.29, 1.82) is 0 Å². The Balaban J connectivity index is 4.29. The molecule has 0 amide bonds. The van der Waals surface area contributed by atoms with E-state index < -0.39 is 26.5 Å². The van der Waals surface area contributed by atoms with Crippen LogP contribution in [0.25, 0.3) is 0 Å². The van der Waals surface area contributed by atoms with E-state index in [-0.39, 0.29) is 32.0 Å². The molecule has 0 aliphatic rings. The van der Waals surface area contributed by atoms with Gasteiger partial charge in [0, 0.05) is 19.4 Å². The largest absolute Gasteiger partial charge is 0.472 e. The lowest BCUT2D eigenvalue weighted by Crippen LogP contribution is -2.29. The third-order valence-corrected chi connectivity index (χ3v) is 10.2. The quantitative estimate of drug-likeness (QED) is 0.0270. The number of carbonyl (C=O) groups is 2.